The van der Waals surface area contributed by atoms with E-state index in [0.29, 0.717) is 6.54 Å². The van der Waals surface area contributed by atoms with E-state index in [4.69, 9.17) is 5.11 Å². The summed E-state index contributed by atoms with van der Waals surface area (Å²) in [5.41, 5.74) is -1.25. The Labute approximate surface area is 98.2 Å². The topological polar surface area (TPSA) is 101 Å². The summed E-state index contributed by atoms with van der Waals surface area (Å²) in [6.45, 7) is 4.92. The summed E-state index contributed by atoms with van der Waals surface area (Å²) in [7, 11) is 0. The number of rotatable bonds is 5. The number of nitrogens with zero attached hydrogens (tertiary/aromatic N) is 5. The predicted molar refractivity (Wildman–Crippen MR) is 56.9 cm³/mol. The molecule has 17 heavy (non-hydrogen) atoms. The lowest BCUT2D eigenvalue weighted by molar-refractivity contribution is -0.157. The van der Waals surface area contributed by atoms with Gasteiger partial charge in [0, 0.05) is 6.54 Å². The normalized spacial score (nSPS) is 11.2. The maximum atomic E-state index is 11.9. The number of carboxylic acids is 1. The molecule has 1 aromatic heterocycles. The smallest absolute Gasteiger partial charge is 0.329 e. The molecule has 0 aliphatic heterocycles. The van der Waals surface area contributed by atoms with Crippen molar-refractivity contribution in [1.29, 1.82) is 0 Å². The van der Waals surface area contributed by atoms with Crippen molar-refractivity contribution in [1.82, 2.24) is 25.1 Å². The quantitative estimate of drug-likeness (QED) is 0.737. The molecule has 0 spiro atoms. The van der Waals surface area contributed by atoms with E-state index in [9.17, 15) is 9.59 Å². The maximum absolute atomic E-state index is 11.9. The Balaban J connectivity index is 2.81. The van der Waals surface area contributed by atoms with Gasteiger partial charge in [-0.1, -0.05) is 0 Å². The molecule has 1 N–H and O–H groups in total. The first-order valence-electron chi connectivity index (χ1n) is 5.14. The second kappa shape index (κ2) is 4.89. The summed E-state index contributed by atoms with van der Waals surface area (Å²) in [5, 5.41) is 19.4. The first kappa shape index (κ1) is 13.1. The van der Waals surface area contributed by atoms with E-state index in [0.717, 1.165) is 0 Å². The lowest BCUT2D eigenvalue weighted by atomic mass is 10.0. The molecule has 94 valence electrons. The van der Waals surface area contributed by atoms with E-state index < -0.39 is 11.5 Å². The minimum absolute atomic E-state index is 0.0719. The number of hydrogen-bond donors (Lipinski definition) is 1. The Kier molecular flexibility index (Phi) is 3.77. The van der Waals surface area contributed by atoms with Gasteiger partial charge < -0.3 is 10.0 Å². The zero-order valence-electron chi connectivity index (χ0n) is 9.99. The van der Waals surface area contributed by atoms with Gasteiger partial charge in [-0.3, -0.25) is 4.79 Å². The third kappa shape index (κ3) is 2.77. The number of carbonyl (C=O) groups excluding carboxylic acids is 1. The minimum Gasteiger partial charge on any atom is -0.480 e. The number of tetrazole rings is 1. The number of aromatic nitrogens is 4. The number of amides is 1. The molecular formula is C9H15N5O3. The first-order chi connectivity index (χ1) is 7.89. The highest BCUT2D eigenvalue weighted by atomic mass is 16.4. The highest BCUT2D eigenvalue weighted by Crippen LogP contribution is 2.15. The molecule has 1 aromatic rings. The molecule has 0 radical (unpaired) electrons. The van der Waals surface area contributed by atoms with E-state index in [-0.39, 0.29) is 12.5 Å². The van der Waals surface area contributed by atoms with Crippen molar-refractivity contribution in [2.45, 2.75) is 32.9 Å². The molecule has 0 aliphatic rings. The fourth-order valence-corrected chi connectivity index (χ4v) is 1.48. The average molecular weight is 241 g/mol. The highest BCUT2D eigenvalue weighted by molar-refractivity contribution is 5.86. The van der Waals surface area contributed by atoms with E-state index >= 15 is 0 Å². The van der Waals surface area contributed by atoms with Crippen molar-refractivity contribution in [3.63, 3.8) is 0 Å². The van der Waals surface area contributed by atoms with Crippen LogP contribution in [0.15, 0.2) is 6.33 Å². The number of hydrogen-bond acceptors (Lipinski definition) is 5. The van der Waals surface area contributed by atoms with Crippen LogP contribution < -0.4 is 0 Å². The lowest BCUT2D eigenvalue weighted by Crippen LogP contribution is -2.53. The largest absolute Gasteiger partial charge is 0.480 e. The van der Waals surface area contributed by atoms with Crippen molar-refractivity contribution >= 4 is 11.9 Å². The number of likely N-dealkylation sites (N-methyl/N-ethyl adjacent to an activating group) is 1. The maximum Gasteiger partial charge on any atom is 0.329 e. The van der Waals surface area contributed by atoms with Gasteiger partial charge in [-0.2, -0.15) is 0 Å². The van der Waals surface area contributed by atoms with Crippen molar-refractivity contribution in [2.24, 2.45) is 0 Å². The van der Waals surface area contributed by atoms with Crippen LogP contribution in [0.1, 0.15) is 20.8 Å². The lowest BCUT2D eigenvalue weighted by Gasteiger charge is -2.34. The monoisotopic (exact) mass is 241 g/mol. The van der Waals surface area contributed by atoms with Crippen LogP contribution in [0, 0.1) is 0 Å². The molecule has 0 aromatic carbocycles. The summed E-state index contributed by atoms with van der Waals surface area (Å²) >= 11 is 0. The third-order valence-electron chi connectivity index (χ3n) is 2.50. The summed E-state index contributed by atoms with van der Waals surface area (Å²) in [6.07, 6.45) is 1.31. The molecule has 0 bridgehead atoms. The predicted octanol–water partition coefficient (Wildman–Crippen LogP) is -0.615. The van der Waals surface area contributed by atoms with Crippen LogP contribution in [0.5, 0.6) is 0 Å². The highest BCUT2D eigenvalue weighted by Gasteiger charge is 2.36. The van der Waals surface area contributed by atoms with Gasteiger partial charge in [0.05, 0.1) is 0 Å². The van der Waals surface area contributed by atoms with Gasteiger partial charge in [-0.05, 0) is 31.2 Å². The Morgan fingerprint density at radius 3 is 2.53 bits per heavy atom. The molecule has 0 saturated carbocycles. The summed E-state index contributed by atoms with van der Waals surface area (Å²) < 4.78 is 1.25. The molecule has 0 saturated heterocycles. The van der Waals surface area contributed by atoms with Crippen molar-refractivity contribution < 1.29 is 14.7 Å². The van der Waals surface area contributed by atoms with E-state index in [1.165, 1.54) is 29.8 Å². The Morgan fingerprint density at radius 1 is 1.47 bits per heavy atom. The summed E-state index contributed by atoms with van der Waals surface area (Å²) in [6, 6.07) is 0. The van der Waals surface area contributed by atoms with Crippen LogP contribution in [-0.2, 0) is 16.1 Å². The molecule has 1 rings (SSSR count). The SMILES string of the molecule is CCN(C(=O)Cn1cnnn1)C(C)(C)C(=O)O. The van der Waals surface area contributed by atoms with Gasteiger partial charge >= 0.3 is 5.97 Å². The Hall–Kier alpha value is -1.99. The second-order valence-corrected chi connectivity index (χ2v) is 4.01. The minimum atomic E-state index is -1.25. The molecule has 0 unspecified atom stereocenters. The summed E-state index contributed by atoms with van der Waals surface area (Å²) in [5.74, 6) is -1.39. The second-order valence-electron chi connectivity index (χ2n) is 4.01. The van der Waals surface area contributed by atoms with Gasteiger partial charge in [-0.25, -0.2) is 9.48 Å². The summed E-state index contributed by atoms with van der Waals surface area (Å²) in [4.78, 5) is 24.3. The Morgan fingerprint density at radius 2 is 2.12 bits per heavy atom. The number of aliphatic carboxylic acids is 1. The zero-order valence-corrected chi connectivity index (χ0v) is 9.99. The van der Waals surface area contributed by atoms with Gasteiger partial charge in [0.25, 0.3) is 0 Å². The van der Waals surface area contributed by atoms with Gasteiger partial charge in [0.1, 0.15) is 18.4 Å². The van der Waals surface area contributed by atoms with Crippen LogP contribution in [-0.4, -0.2) is 54.2 Å². The van der Waals surface area contributed by atoms with Crippen LogP contribution >= 0.6 is 0 Å². The molecule has 1 heterocycles. The standard InChI is InChI=1S/C9H15N5O3/c1-4-14(9(2,3)8(16)17)7(15)5-13-6-10-11-12-13/h6H,4-5H2,1-3H3,(H,16,17). The Bertz CT molecular complexity index is 401. The van der Waals surface area contributed by atoms with E-state index in [2.05, 4.69) is 15.5 Å². The van der Waals surface area contributed by atoms with Gasteiger partial charge in [-0.15, -0.1) is 5.10 Å². The van der Waals surface area contributed by atoms with Crippen LogP contribution in [0.3, 0.4) is 0 Å². The van der Waals surface area contributed by atoms with Crippen LogP contribution in [0.25, 0.3) is 0 Å². The first-order valence-corrected chi connectivity index (χ1v) is 5.14. The van der Waals surface area contributed by atoms with Gasteiger partial charge in [0.2, 0.25) is 5.91 Å². The molecule has 8 nitrogen and oxygen atoms in total. The van der Waals surface area contributed by atoms with Crippen molar-refractivity contribution in [3.05, 3.63) is 6.33 Å². The van der Waals surface area contributed by atoms with Gasteiger partial charge in [0.15, 0.2) is 0 Å². The molecular weight excluding hydrogens is 226 g/mol. The van der Waals surface area contributed by atoms with Crippen LogP contribution in [0.4, 0.5) is 0 Å². The molecule has 0 fully saturated rings. The van der Waals surface area contributed by atoms with E-state index in [1.54, 1.807) is 6.92 Å². The van der Waals surface area contributed by atoms with Crippen molar-refractivity contribution in [2.75, 3.05) is 6.54 Å². The fraction of sp³-hybridized carbons (Fsp3) is 0.667. The number of carbonyl (C=O) groups is 2. The molecule has 0 atom stereocenters. The zero-order chi connectivity index (χ0) is 13.1. The fourth-order valence-electron chi connectivity index (χ4n) is 1.48. The van der Waals surface area contributed by atoms with Crippen LogP contribution in [0.2, 0.25) is 0 Å². The third-order valence-corrected chi connectivity index (χ3v) is 2.50. The van der Waals surface area contributed by atoms with Crippen molar-refractivity contribution in [3.8, 4) is 0 Å². The average Bonchev–Trinajstić information content (AvgIpc) is 2.70. The molecule has 0 aliphatic carbocycles. The molecule has 8 heteroatoms. The number of carboxylic acid groups (broad SMARTS) is 1. The van der Waals surface area contributed by atoms with E-state index in [1.807, 2.05) is 0 Å². The molecule has 1 amide bonds.